The van der Waals surface area contributed by atoms with Crippen molar-refractivity contribution >= 4 is 0 Å². The summed E-state index contributed by atoms with van der Waals surface area (Å²) in [4.78, 5) is 0. The van der Waals surface area contributed by atoms with Crippen LogP contribution in [0.1, 0.15) is 40.0 Å². The molecule has 100 valence electrons. The Bertz CT molecular complexity index is 231. The van der Waals surface area contributed by atoms with Gasteiger partial charge >= 0.3 is 0 Å². The zero-order valence-corrected chi connectivity index (χ0v) is 11.5. The molecule has 2 aliphatic heterocycles. The van der Waals surface area contributed by atoms with Gasteiger partial charge in [-0.25, -0.2) is 0 Å². The number of hydrogen-bond donors (Lipinski definition) is 1. The van der Waals surface area contributed by atoms with Crippen LogP contribution < -0.4 is 5.32 Å². The van der Waals surface area contributed by atoms with Gasteiger partial charge in [-0.3, -0.25) is 0 Å². The molecule has 0 saturated carbocycles. The summed E-state index contributed by atoms with van der Waals surface area (Å²) < 4.78 is 11.3. The molecule has 3 heteroatoms. The minimum Gasteiger partial charge on any atom is -0.381 e. The highest BCUT2D eigenvalue weighted by Crippen LogP contribution is 2.34. The van der Waals surface area contributed by atoms with Crippen molar-refractivity contribution in [1.29, 1.82) is 0 Å². The lowest BCUT2D eigenvalue weighted by atomic mass is 9.81. The van der Waals surface area contributed by atoms with E-state index in [2.05, 4.69) is 26.1 Å². The highest BCUT2D eigenvalue weighted by molar-refractivity contribution is 4.87. The van der Waals surface area contributed by atoms with Crippen molar-refractivity contribution in [1.82, 2.24) is 5.32 Å². The van der Waals surface area contributed by atoms with Crippen molar-refractivity contribution in [2.24, 2.45) is 11.3 Å². The Morgan fingerprint density at radius 2 is 1.76 bits per heavy atom. The molecule has 0 radical (unpaired) electrons. The molecule has 0 aromatic rings. The third-order valence-corrected chi connectivity index (χ3v) is 3.96. The summed E-state index contributed by atoms with van der Waals surface area (Å²) in [5.41, 5.74) is 0.262. The van der Waals surface area contributed by atoms with Crippen LogP contribution in [0.5, 0.6) is 0 Å². The Morgan fingerprint density at radius 3 is 2.41 bits per heavy atom. The summed E-state index contributed by atoms with van der Waals surface area (Å²) in [6, 6.07) is 0.657. The molecule has 2 saturated heterocycles. The molecule has 17 heavy (non-hydrogen) atoms. The number of nitrogens with one attached hydrogen (secondary N) is 1. The lowest BCUT2D eigenvalue weighted by molar-refractivity contribution is 0.00544. The molecule has 0 aromatic carbocycles. The van der Waals surface area contributed by atoms with E-state index < -0.39 is 0 Å². The van der Waals surface area contributed by atoms with E-state index in [4.69, 9.17) is 9.47 Å². The number of rotatable bonds is 3. The second-order valence-corrected chi connectivity index (χ2v) is 6.50. The molecule has 0 aromatic heterocycles. The molecule has 1 N–H and O–H groups in total. The lowest BCUT2D eigenvalue weighted by Gasteiger charge is -2.32. The first-order chi connectivity index (χ1) is 8.07. The number of hydrogen-bond acceptors (Lipinski definition) is 3. The van der Waals surface area contributed by atoms with Gasteiger partial charge in [-0.1, -0.05) is 20.8 Å². The molecule has 2 heterocycles. The Labute approximate surface area is 105 Å². The molecule has 2 atom stereocenters. The molecule has 2 fully saturated rings. The van der Waals surface area contributed by atoms with Gasteiger partial charge in [0, 0.05) is 38.3 Å². The van der Waals surface area contributed by atoms with Gasteiger partial charge in [-0.2, -0.15) is 0 Å². The summed E-state index contributed by atoms with van der Waals surface area (Å²) >= 11 is 0. The van der Waals surface area contributed by atoms with E-state index in [0.717, 1.165) is 39.2 Å². The lowest BCUT2D eigenvalue weighted by Crippen LogP contribution is -2.42. The maximum atomic E-state index is 5.91. The van der Waals surface area contributed by atoms with Crippen LogP contribution in [0.15, 0.2) is 0 Å². The van der Waals surface area contributed by atoms with E-state index in [0.29, 0.717) is 18.1 Å². The first-order valence-corrected chi connectivity index (χ1v) is 7.00. The predicted octanol–water partition coefficient (Wildman–Crippen LogP) is 2.21. The molecule has 2 rings (SSSR count). The molecule has 2 aliphatic rings. The number of ether oxygens (including phenoxy) is 2. The molecule has 0 unspecified atom stereocenters. The zero-order chi connectivity index (χ0) is 12.3. The van der Waals surface area contributed by atoms with Crippen LogP contribution >= 0.6 is 0 Å². The largest absolute Gasteiger partial charge is 0.381 e. The Balaban J connectivity index is 1.77. The topological polar surface area (TPSA) is 30.5 Å². The van der Waals surface area contributed by atoms with Gasteiger partial charge < -0.3 is 14.8 Å². The molecule has 0 bridgehead atoms. The second-order valence-electron chi connectivity index (χ2n) is 6.50. The minimum absolute atomic E-state index is 0.262. The van der Waals surface area contributed by atoms with E-state index in [-0.39, 0.29) is 5.41 Å². The normalized spacial score (nSPS) is 31.9. The van der Waals surface area contributed by atoms with Crippen LogP contribution in [0, 0.1) is 11.3 Å². The van der Waals surface area contributed by atoms with Gasteiger partial charge in [0.1, 0.15) is 0 Å². The fraction of sp³-hybridized carbons (Fsp3) is 1.00. The van der Waals surface area contributed by atoms with E-state index >= 15 is 0 Å². The summed E-state index contributed by atoms with van der Waals surface area (Å²) in [7, 11) is 0. The third-order valence-electron chi connectivity index (χ3n) is 3.96. The van der Waals surface area contributed by atoms with Crippen LogP contribution in [0.2, 0.25) is 0 Å². The smallest absolute Gasteiger partial charge is 0.0664 e. The summed E-state index contributed by atoms with van der Waals surface area (Å²) in [5, 5.41) is 3.71. The van der Waals surface area contributed by atoms with Crippen molar-refractivity contribution < 1.29 is 9.47 Å². The SMILES string of the molecule is CC(C)(C)[C@H]1OCC[C@@H]1CNC1CCOCC1. The van der Waals surface area contributed by atoms with Crippen molar-refractivity contribution in [2.75, 3.05) is 26.4 Å². The van der Waals surface area contributed by atoms with Crippen molar-refractivity contribution in [3.63, 3.8) is 0 Å². The predicted molar refractivity (Wildman–Crippen MR) is 69.1 cm³/mol. The van der Waals surface area contributed by atoms with Gasteiger partial charge in [0.25, 0.3) is 0 Å². The van der Waals surface area contributed by atoms with Crippen molar-refractivity contribution in [3.05, 3.63) is 0 Å². The molecule has 3 nitrogen and oxygen atoms in total. The summed E-state index contributed by atoms with van der Waals surface area (Å²) in [6.45, 7) is 10.7. The third kappa shape index (κ3) is 3.67. The van der Waals surface area contributed by atoms with Gasteiger partial charge in [-0.15, -0.1) is 0 Å². The van der Waals surface area contributed by atoms with Gasteiger partial charge in [-0.05, 0) is 24.7 Å². The van der Waals surface area contributed by atoms with Crippen LogP contribution in [0.4, 0.5) is 0 Å². The van der Waals surface area contributed by atoms with E-state index in [1.165, 1.54) is 6.42 Å². The van der Waals surface area contributed by atoms with E-state index in [1.807, 2.05) is 0 Å². The minimum atomic E-state index is 0.262. The van der Waals surface area contributed by atoms with Crippen molar-refractivity contribution in [2.45, 2.75) is 52.2 Å². The maximum absolute atomic E-state index is 5.91. The first kappa shape index (κ1) is 13.3. The van der Waals surface area contributed by atoms with Gasteiger partial charge in [0.05, 0.1) is 6.10 Å². The Hall–Kier alpha value is -0.120. The quantitative estimate of drug-likeness (QED) is 0.822. The highest BCUT2D eigenvalue weighted by atomic mass is 16.5. The Morgan fingerprint density at radius 1 is 1.06 bits per heavy atom. The average molecular weight is 241 g/mol. The molecular formula is C14H27NO2. The van der Waals surface area contributed by atoms with Crippen LogP contribution in [-0.4, -0.2) is 38.5 Å². The van der Waals surface area contributed by atoms with Crippen LogP contribution in [0.25, 0.3) is 0 Å². The standard InChI is InChI=1S/C14H27NO2/c1-14(2,3)13-11(4-9-17-13)10-15-12-5-7-16-8-6-12/h11-13,15H,4-10H2,1-3H3/t11-,13+/m1/s1. The van der Waals surface area contributed by atoms with Gasteiger partial charge in [0.2, 0.25) is 0 Å². The van der Waals surface area contributed by atoms with Crippen molar-refractivity contribution in [3.8, 4) is 0 Å². The van der Waals surface area contributed by atoms with Gasteiger partial charge in [0.15, 0.2) is 0 Å². The van der Waals surface area contributed by atoms with E-state index in [9.17, 15) is 0 Å². The monoisotopic (exact) mass is 241 g/mol. The average Bonchev–Trinajstić information content (AvgIpc) is 2.75. The molecule has 0 aliphatic carbocycles. The first-order valence-electron chi connectivity index (χ1n) is 7.00. The van der Waals surface area contributed by atoms with Crippen LogP contribution in [-0.2, 0) is 9.47 Å². The highest BCUT2D eigenvalue weighted by Gasteiger charge is 2.37. The fourth-order valence-electron chi connectivity index (χ4n) is 3.02. The fourth-order valence-corrected chi connectivity index (χ4v) is 3.02. The molecule has 0 amide bonds. The molecule has 0 spiro atoms. The van der Waals surface area contributed by atoms with E-state index in [1.54, 1.807) is 0 Å². The zero-order valence-electron chi connectivity index (χ0n) is 11.5. The second kappa shape index (κ2) is 5.68. The maximum Gasteiger partial charge on any atom is 0.0664 e. The summed E-state index contributed by atoms with van der Waals surface area (Å²) in [5.74, 6) is 0.679. The Kier molecular flexibility index (Phi) is 4.45. The summed E-state index contributed by atoms with van der Waals surface area (Å²) in [6.07, 6.45) is 3.94. The van der Waals surface area contributed by atoms with Crippen LogP contribution in [0.3, 0.4) is 0 Å². The molecular weight excluding hydrogens is 214 g/mol.